The fourth-order valence-corrected chi connectivity index (χ4v) is 1.29. The van der Waals surface area contributed by atoms with Gasteiger partial charge in [0.2, 0.25) is 0 Å². The summed E-state index contributed by atoms with van der Waals surface area (Å²) in [5.74, 6) is 1.71. The minimum atomic E-state index is 0.751. The second-order valence-corrected chi connectivity index (χ2v) is 3.79. The van der Waals surface area contributed by atoms with E-state index in [9.17, 15) is 0 Å². The molecule has 0 aromatic heterocycles. The standard InChI is InChI=1S/C10H18/c1-7(2)8(3)9(4)10-5-6-10/h7,10H,5-6H2,1-4H3. The van der Waals surface area contributed by atoms with E-state index in [1.54, 1.807) is 11.1 Å². The molecule has 0 heterocycles. The van der Waals surface area contributed by atoms with Crippen LogP contribution in [0, 0.1) is 11.8 Å². The van der Waals surface area contributed by atoms with Gasteiger partial charge in [0.05, 0.1) is 0 Å². The molecule has 0 unspecified atom stereocenters. The third-order valence-corrected chi connectivity index (χ3v) is 2.68. The van der Waals surface area contributed by atoms with Crippen molar-refractivity contribution in [2.45, 2.75) is 40.5 Å². The molecule has 1 rings (SSSR count). The Kier molecular flexibility index (Phi) is 2.18. The van der Waals surface area contributed by atoms with Crippen molar-refractivity contribution >= 4 is 0 Å². The van der Waals surface area contributed by atoms with Crippen LogP contribution in [-0.4, -0.2) is 0 Å². The van der Waals surface area contributed by atoms with E-state index in [4.69, 9.17) is 0 Å². The summed E-state index contributed by atoms with van der Waals surface area (Å²) in [5.41, 5.74) is 3.28. The highest BCUT2D eigenvalue weighted by Gasteiger charge is 2.24. The Hall–Kier alpha value is -0.260. The summed E-state index contributed by atoms with van der Waals surface area (Å²) in [6.45, 7) is 9.13. The van der Waals surface area contributed by atoms with Gasteiger partial charge in [0.1, 0.15) is 0 Å². The number of hydrogen-bond donors (Lipinski definition) is 0. The summed E-state index contributed by atoms with van der Waals surface area (Å²) in [7, 11) is 0. The molecule has 0 saturated heterocycles. The van der Waals surface area contributed by atoms with Gasteiger partial charge in [0, 0.05) is 0 Å². The molecule has 0 aliphatic heterocycles. The van der Waals surface area contributed by atoms with Gasteiger partial charge in [-0.05, 0) is 38.5 Å². The van der Waals surface area contributed by atoms with Gasteiger partial charge in [-0.15, -0.1) is 0 Å². The Morgan fingerprint density at radius 3 is 2.00 bits per heavy atom. The summed E-state index contributed by atoms with van der Waals surface area (Å²) in [6, 6.07) is 0. The van der Waals surface area contributed by atoms with Crippen molar-refractivity contribution in [3.63, 3.8) is 0 Å². The van der Waals surface area contributed by atoms with Crippen molar-refractivity contribution in [1.82, 2.24) is 0 Å². The zero-order valence-corrected chi connectivity index (χ0v) is 7.57. The highest BCUT2D eigenvalue weighted by atomic mass is 14.3. The van der Waals surface area contributed by atoms with Gasteiger partial charge >= 0.3 is 0 Å². The molecule has 0 atom stereocenters. The van der Waals surface area contributed by atoms with Crippen molar-refractivity contribution in [2.75, 3.05) is 0 Å². The topological polar surface area (TPSA) is 0 Å². The minimum Gasteiger partial charge on any atom is -0.0716 e. The molecule has 1 fully saturated rings. The maximum Gasteiger partial charge on any atom is -0.0203 e. The van der Waals surface area contributed by atoms with E-state index >= 15 is 0 Å². The van der Waals surface area contributed by atoms with Crippen molar-refractivity contribution in [1.29, 1.82) is 0 Å². The molecule has 0 N–H and O–H groups in total. The average molecular weight is 138 g/mol. The van der Waals surface area contributed by atoms with E-state index in [1.807, 2.05) is 0 Å². The molecular weight excluding hydrogens is 120 g/mol. The normalized spacial score (nSPS) is 21.3. The second kappa shape index (κ2) is 2.77. The summed E-state index contributed by atoms with van der Waals surface area (Å²) >= 11 is 0. The maximum atomic E-state index is 2.30. The second-order valence-electron chi connectivity index (χ2n) is 3.79. The Morgan fingerprint density at radius 1 is 1.20 bits per heavy atom. The first-order chi connectivity index (χ1) is 4.63. The zero-order chi connectivity index (χ0) is 7.72. The zero-order valence-electron chi connectivity index (χ0n) is 7.57. The molecule has 0 amide bonds. The predicted molar refractivity (Wildman–Crippen MR) is 45.9 cm³/mol. The lowest BCUT2D eigenvalue weighted by Crippen LogP contribution is -1.94. The Bertz CT molecular complexity index is 137. The SMILES string of the molecule is CC(=C(C)C1CC1)C(C)C. The van der Waals surface area contributed by atoms with Crippen LogP contribution >= 0.6 is 0 Å². The first-order valence-corrected chi connectivity index (χ1v) is 4.30. The fraction of sp³-hybridized carbons (Fsp3) is 0.800. The lowest BCUT2D eigenvalue weighted by atomic mass is 9.97. The van der Waals surface area contributed by atoms with Crippen LogP contribution in [-0.2, 0) is 0 Å². The smallest absolute Gasteiger partial charge is 0.0203 e. The fourth-order valence-electron chi connectivity index (χ4n) is 1.29. The minimum absolute atomic E-state index is 0.751. The number of hydrogen-bond acceptors (Lipinski definition) is 0. The summed E-state index contributed by atoms with van der Waals surface area (Å²) in [4.78, 5) is 0. The van der Waals surface area contributed by atoms with Crippen LogP contribution < -0.4 is 0 Å². The lowest BCUT2D eigenvalue weighted by molar-refractivity contribution is 0.740. The van der Waals surface area contributed by atoms with Crippen LogP contribution in [0.5, 0.6) is 0 Å². The molecule has 1 saturated carbocycles. The summed E-state index contributed by atoms with van der Waals surface area (Å²) in [6.07, 6.45) is 2.88. The summed E-state index contributed by atoms with van der Waals surface area (Å²) < 4.78 is 0. The average Bonchev–Trinajstić information content (AvgIpc) is 2.65. The van der Waals surface area contributed by atoms with E-state index in [-0.39, 0.29) is 0 Å². The first-order valence-electron chi connectivity index (χ1n) is 4.30. The molecule has 0 nitrogen and oxygen atoms in total. The largest absolute Gasteiger partial charge is 0.0716 e. The van der Waals surface area contributed by atoms with Gasteiger partial charge in [-0.25, -0.2) is 0 Å². The van der Waals surface area contributed by atoms with Crippen LogP contribution in [0.15, 0.2) is 11.1 Å². The Morgan fingerprint density at radius 2 is 1.70 bits per heavy atom. The maximum absolute atomic E-state index is 2.30. The molecular formula is C10H18. The van der Waals surface area contributed by atoms with Gasteiger partial charge in [0.25, 0.3) is 0 Å². The molecule has 1 aliphatic rings. The molecule has 0 aromatic carbocycles. The molecule has 10 heavy (non-hydrogen) atoms. The van der Waals surface area contributed by atoms with Crippen molar-refractivity contribution < 1.29 is 0 Å². The van der Waals surface area contributed by atoms with Crippen molar-refractivity contribution in [2.24, 2.45) is 11.8 Å². The predicted octanol–water partition coefficient (Wildman–Crippen LogP) is 3.39. The molecule has 0 spiro atoms. The van der Waals surface area contributed by atoms with Gasteiger partial charge in [0.15, 0.2) is 0 Å². The van der Waals surface area contributed by atoms with Crippen LogP contribution in [0.2, 0.25) is 0 Å². The van der Waals surface area contributed by atoms with Crippen LogP contribution in [0.1, 0.15) is 40.5 Å². The van der Waals surface area contributed by atoms with E-state index in [0.29, 0.717) is 0 Å². The highest BCUT2D eigenvalue weighted by Crippen LogP contribution is 2.38. The van der Waals surface area contributed by atoms with E-state index in [2.05, 4.69) is 27.7 Å². The Labute approximate surface area is 64.3 Å². The summed E-state index contributed by atoms with van der Waals surface area (Å²) in [5, 5.41) is 0. The van der Waals surface area contributed by atoms with E-state index in [0.717, 1.165) is 11.8 Å². The van der Waals surface area contributed by atoms with Crippen LogP contribution in [0.4, 0.5) is 0 Å². The molecule has 0 bridgehead atoms. The Balaban J connectivity index is 2.62. The van der Waals surface area contributed by atoms with Gasteiger partial charge in [-0.2, -0.15) is 0 Å². The molecule has 0 radical (unpaired) electrons. The number of rotatable bonds is 2. The molecule has 0 aromatic rings. The third kappa shape index (κ3) is 1.62. The van der Waals surface area contributed by atoms with Gasteiger partial charge in [-0.1, -0.05) is 25.0 Å². The lowest BCUT2D eigenvalue weighted by Gasteiger charge is -2.09. The molecule has 1 aliphatic carbocycles. The number of allylic oxidation sites excluding steroid dienone is 2. The van der Waals surface area contributed by atoms with Crippen LogP contribution in [0.25, 0.3) is 0 Å². The monoisotopic (exact) mass is 138 g/mol. The highest BCUT2D eigenvalue weighted by molar-refractivity contribution is 5.18. The van der Waals surface area contributed by atoms with Gasteiger partial charge in [-0.3, -0.25) is 0 Å². The molecule has 58 valence electrons. The van der Waals surface area contributed by atoms with Gasteiger partial charge < -0.3 is 0 Å². The molecule has 0 heteroatoms. The van der Waals surface area contributed by atoms with Crippen molar-refractivity contribution in [3.8, 4) is 0 Å². The third-order valence-electron chi connectivity index (χ3n) is 2.68. The van der Waals surface area contributed by atoms with E-state index in [1.165, 1.54) is 12.8 Å². The van der Waals surface area contributed by atoms with E-state index < -0.39 is 0 Å². The first kappa shape index (κ1) is 7.84. The van der Waals surface area contributed by atoms with Crippen LogP contribution in [0.3, 0.4) is 0 Å². The van der Waals surface area contributed by atoms with Crippen molar-refractivity contribution in [3.05, 3.63) is 11.1 Å². The quantitative estimate of drug-likeness (QED) is 0.513.